The van der Waals surface area contributed by atoms with Crippen molar-refractivity contribution in [1.29, 1.82) is 0 Å². The molecule has 4 nitrogen and oxygen atoms in total. The number of hydrogen-bond donors (Lipinski definition) is 1. The zero-order chi connectivity index (χ0) is 16.2. The summed E-state index contributed by atoms with van der Waals surface area (Å²) in [5.41, 5.74) is 3.18. The highest BCUT2D eigenvalue weighted by molar-refractivity contribution is 5.84. The Morgan fingerprint density at radius 3 is 2.61 bits per heavy atom. The average Bonchev–Trinajstić information content (AvgIpc) is 2.90. The van der Waals surface area contributed by atoms with Crippen LogP contribution in [0.25, 0.3) is 10.9 Å². The molecule has 3 aromatic rings. The third-order valence-electron chi connectivity index (χ3n) is 4.11. The maximum absolute atomic E-state index is 12.2. The Bertz CT molecular complexity index is 808. The van der Waals surface area contributed by atoms with E-state index in [9.17, 15) is 4.79 Å². The molecular formula is C19H21N3O. The van der Waals surface area contributed by atoms with Crippen LogP contribution in [0.2, 0.25) is 0 Å². The van der Waals surface area contributed by atoms with Gasteiger partial charge >= 0.3 is 0 Å². The lowest BCUT2D eigenvalue weighted by atomic mass is 10.0. The van der Waals surface area contributed by atoms with Crippen molar-refractivity contribution >= 4 is 16.8 Å². The molecule has 3 rings (SSSR count). The van der Waals surface area contributed by atoms with Crippen LogP contribution >= 0.6 is 0 Å². The Balaban J connectivity index is 1.63. The van der Waals surface area contributed by atoms with E-state index in [4.69, 9.17) is 0 Å². The van der Waals surface area contributed by atoms with Gasteiger partial charge in [0.15, 0.2) is 0 Å². The first kappa shape index (κ1) is 15.3. The fraction of sp³-hybridized carbons (Fsp3) is 0.263. The number of amides is 1. The van der Waals surface area contributed by atoms with Gasteiger partial charge in [-0.05, 0) is 24.5 Å². The molecule has 23 heavy (non-hydrogen) atoms. The minimum Gasteiger partial charge on any atom is -0.354 e. The lowest BCUT2D eigenvalue weighted by molar-refractivity contribution is -0.121. The maximum Gasteiger partial charge on any atom is 0.241 e. The molecule has 2 aromatic carbocycles. The van der Waals surface area contributed by atoms with Crippen molar-refractivity contribution in [3.8, 4) is 0 Å². The number of nitrogens with zero attached hydrogens (tertiary/aromatic N) is 2. The van der Waals surface area contributed by atoms with Gasteiger partial charge in [0.1, 0.15) is 6.54 Å². The van der Waals surface area contributed by atoms with Crippen LogP contribution in [0.4, 0.5) is 0 Å². The fourth-order valence-corrected chi connectivity index (χ4v) is 2.77. The van der Waals surface area contributed by atoms with E-state index in [1.807, 2.05) is 49.4 Å². The normalized spacial score (nSPS) is 12.3. The summed E-state index contributed by atoms with van der Waals surface area (Å²) in [7, 11) is 0. The Morgan fingerprint density at radius 1 is 1.13 bits per heavy atom. The number of aryl methyl sites for hydroxylation is 1. The predicted octanol–water partition coefficient (Wildman–Crippen LogP) is 3.26. The summed E-state index contributed by atoms with van der Waals surface area (Å²) in [4.78, 5) is 12.2. The van der Waals surface area contributed by atoms with Gasteiger partial charge < -0.3 is 5.32 Å². The summed E-state index contributed by atoms with van der Waals surface area (Å²) < 4.78 is 1.77. The summed E-state index contributed by atoms with van der Waals surface area (Å²) >= 11 is 0. The number of para-hydroxylation sites is 1. The van der Waals surface area contributed by atoms with Crippen molar-refractivity contribution < 1.29 is 4.79 Å². The number of carbonyl (C=O) groups excluding carboxylic acids is 1. The highest BCUT2D eigenvalue weighted by Gasteiger charge is 2.11. The van der Waals surface area contributed by atoms with E-state index in [1.54, 1.807) is 4.68 Å². The number of rotatable bonds is 5. The highest BCUT2D eigenvalue weighted by atomic mass is 16.2. The molecule has 118 valence electrons. The van der Waals surface area contributed by atoms with Gasteiger partial charge in [0, 0.05) is 11.9 Å². The van der Waals surface area contributed by atoms with E-state index >= 15 is 0 Å². The second-order valence-electron chi connectivity index (χ2n) is 5.88. The Labute approximate surface area is 136 Å². The van der Waals surface area contributed by atoms with E-state index in [0.717, 1.165) is 16.6 Å². The summed E-state index contributed by atoms with van der Waals surface area (Å²) in [5.74, 6) is 0.275. The van der Waals surface area contributed by atoms with E-state index in [0.29, 0.717) is 6.54 Å². The molecule has 1 heterocycles. The quantitative estimate of drug-likeness (QED) is 0.786. The largest absolute Gasteiger partial charge is 0.354 e. The summed E-state index contributed by atoms with van der Waals surface area (Å²) in [6.45, 7) is 4.95. The lowest BCUT2D eigenvalue weighted by Gasteiger charge is -2.13. The number of benzene rings is 2. The minimum atomic E-state index is -0.0129. The maximum atomic E-state index is 12.2. The minimum absolute atomic E-state index is 0.0129. The zero-order valence-corrected chi connectivity index (χ0v) is 13.5. The highest BCUT2D eigenvalue weighted by Crippen LogP contribution is 2.17. The molecule has 0 bridgehead atoms. The molecule has 1 amide bonds. The molecule has 1 N–H and O–H groups in total. The molecular weight excluding hydrogens is 286 g/mol. The number of fused-ring (bicyclic) bond motifs is 1. The lowest BCUT2D eigenvalue weighted by Crippen LogP contribution is -2.31. The third kappa shape index (κ3) is 3.42. The van der Waals surface area contributed by atoms with Gasteiger partial charge in [-0.1, -0.05) is 55.5 Å². The summed E-state index contributed by atoms with van der Waals surface area (Å²) in [6, 6.07) is 18.2. The van der Waals surface area contributed by atoms with E-state index < -0.39 is 0 Å². The molecule has 0 aliphatic carbocycles. The SMILES string of the molecule is Cc1nn(CC(=O)NC[C@@H](C)c2ccccc2)c2ccccc12. The number of carbonyl (C=O) groups is 1. The topological polar surface area (TPSA) is 46.9 Å². The summed E-state index contributed by atoms with van der Waals surface area (Å²) in [6.07, 6.45) is 0. The first-order valence-electron chi connectivity index (χ1n) is 7.89. The van der Waals surface area contributed by atoms with Crippen molar-refractivity contribution in [2.75, 3.05) is 6.54 Å². The second-order valence-corrected chi connectivity index (χ2v) is 5.88. The van der Waals surface area contributed by atoms with Gasteiger partial charge in [-0.25, -0.2) is 0 Å². The summed E-state index contributed by atoms with van der Waals surface area (Å²) in [5, 5.41) is 8.57. The molecule has 1 aromatic heterocycles. The van der Waals surface area contributed by atoms with Gasteiger partial charge in [0.2, 0.25) is 5.91 Å². The monoisotopic (exact) mass is 307 g/mol. The Hall–Kier alpha value is -2.62. The molecule has 0 spiro atoms. The smallest absolute Gasteiger partial charge is 0.241 e. The van der Waals surface area contributed by atoms with Crippen LogP contribution in [-0.4, -0.2) is 22.2 Å². The molecule has 0 aliphatic heterocycles. The fourth-order valence-electron chi connectivity index (χ4n) is 2.77. The van der Waals surface area contributed by atoms with Crippen LogP contribution in [0.15, 0.2) is 54.6 Å². The van der Waals surface area contributed by atoms with Gasteiger partial charge in [-0.3, -0.25) is 9.48 Å². The van der Waals surface area contributed by atoms with Crippen molar-refractivity contribution in [3.63, 3.8) is 0 Å². The van der Waals surface area contributed by atoms with Gasteiger partial charge in [0.05, 0.1) is 11.2 Å². The van der Waals surface area contributed by atoms with E-state index in [-0.39, 0.29) is 18.4 Å². The first-order chi connectivity index (χ1) is 11.1. The standard InChI is InChI=1S/C19H21N3O/c1-14(16-8-4-3-5-9-16)12-20-19(23)13-22-18-11-7-6-10-17(18)15(2)21-22/h3-11,14H,12-13H2,1-2H3,(H,20,23)/t14-/m1/s1. The number of hydrogen-bond acceptors (Lipinski definition) is 2. The molecule has 0 unspecified atom stereocenters. The molecule has 1 atom stereocenters. The molecule has 4 heteroatoms. The van der Waals surface area contributed by atoms with Gasteiger partial charge in [0.25, 0.3) is 0 Å². The molecule has 0 fully saturated rings. The van der Waals surface area contributed by atoms with Crippen molar-refractivity contribution in [1.82, 2.24) is 15.1 Å². The van der Waals surface area contributed by atoms with E-state index in [1.165, 1.54) is 5.56 Å². The van der Waals surface area contributed by atoms with E-state index in [2.05, 4.69) is 29.5 Å². The van der Waals surface area contributed by atoms with Crippen molar-refractivity contribution in [2.45, 2.75) is 26.3 Å². The predicted molar refractivity (Wildman–Crippen MR) is 92.3 cm³/mol. The number of aromatic nitrogens is 2. The molecule has 0 aliphatic rings. The average molecular weight is 307 g/mol. The van der Waals surface area contributed by atoms with Gasteiger partial charge in [-0.15, -0.1) is 0 Å². The Morgan fingerprint density at radius 2 is 1.83 bits per heavy atom. The molecule has 0 radical (unpaired) electrons. The van der Waals surface area contributed by atoms with Crippen molar-refractivity contribution in [2.24, 2.45) is 0 Å². The second kappa shape index (κ2) is 6.65. The van der Waals surface area contributed by atoms with Crippen molar-refractivity contribution in [3.05, 3.63) is 65.9 Å². The Kier molecular flexibility index (Phi) is 4.42. The van der Waals surface area contributed by atoms with Crippen LogP contribution in [0, 0.1) is 6.92 Å². The van der Waals surface area contributed by atoms with Crippen LogP contribution < -0.4 is 5.32 Å². The molecule has 0 saturated carbocycles. The molecule has 0 saturated heterocycles. The number of nitrogens with one attached hydrogen (secondary N) is 1. The first-order valence-corrected chi connectivity index (χ1v) is 7.89. The van der Waals surface area contributed by atoms with Crippen LogP contribution in [-0.2, 0) is 11.3 Å². The van der Waals surface area contributed by atoms with Crippen LogP contribution in [0.1, 0.15) is 24.1 Å². The zero-order valence-electron chi connectivity index (χ0n) is 13.5. The third-order valence-corrected chi connectivity index (χ3v) is 4.11. The van der Waals surface area contributed by atoms with Crippen LogP contribution in [0.3, 0.4) is 0 Å². The van der Waals surface area contributed by atoms with Gasteiger partial charge in [-0.2, -0.15) is 5.10 Å². The van der Waals surface area contributed by atoms with Crippen LogP contribution in [0.5, 0.6) is 0 Å².